The summed E-state index contributed by atoms with van der Waals surface area (Å²) in [6.07, 6.45) is -4.77. The Morgan fingerprint density at radius 3 is 2.41 bits per heavy atom. The Labute approximate surface area is 193 Å². The SMILES string of the molecule is COc1ccc(Cn2nc(C(F)(F)F)c(NC(=O)c3cc(OC)nc4ccccc34)c2C)cc1. The number of rotatable bonds is 6. The van der Waals surface area contributed by atoms with Crippen LogP contribution in [-0.4, -0.2) is 34.9 Å². The van der Waals surface area contributed by atoms with E-state index in [0.717, 1.165) is 5.56 Å². The molecule has 0 saturated heterocycles. The van der Waals surface area contributed by atoms with Crippen LogP contribution in [0.2, 0.25) is 0 Å². The fourth-order valence-corrected chi connectivity index (χ4v) is 3.58. The molecular weight excluding hydrogens is 449 g/mol. The number of carbonyl (C=O) groups is 1. The molecule has 1 amide bonds. The van der Waals surface area contributed by atoms with Crippen LogP contribution in [0.5, 0.6) is 11.6 Å². The van der Waals surface area contributed by atoms with Crippen molar-refractivity contribution in [3.8, 4) is 11.6 Å². The number of hydrogen-bond donors (Lipinski definition) is 1. The molecule has 2 aromatic carbocycles. The molecule has 1 N–H and O–H groups in total. The van der Waals surface area contributed by atoms with Gasteiger partial charge in [-0.15, -0.1) is 0 Å². The van der Waals surface area contributed by atoms with Crippen LogP contribution in [0, 0.1) is 6.92 Å². The summed E-state index contributed by atoms with van der Waals surface area (Å²) in [6.45, 7) is 1.56. The van der Waals surface area contributed by atoms with Gasteiger partial charge in [0, 0.05) is 11.5 Å². The number of halogens is 3. The number of fused-ring (bicyclic) bond motifs is 1. The molecule has 0 aliphatic heterocycles. The monoisotopic (exact) mass is 470 g/mol. The second-order valence-electron chi connectivity index (χ2n) is 7.50. The highest BCUT2D eigenvalue weighted by atomic mass is 19.4. The first-order valence-corrected chi connectivity index (χ1v) is 10.2. The average Bonchev–Trinajstić information content (AvgIpc) is 3.14. The van der Waals surface area contributed by atoms with Crippen molar-refractivity contribution in [1.29, 1.82) is 0 Å². The molecule has 0 fully saturated rings. The van der Waals surface area contributed by atoms with Gasteiger partial charge in [0.25, 0.3) is 5.91 Å². The lowest BCUT2D eigenvalue weighted by atomic mass is 10.1. The van der Waals surface area contributed by atoms with Gasteiger partial charge < -0.3 is 14.8 Å². The number of nitrogens with one attached hydrogen (secondary N) is 1. The largest absolute Gasteiger partial charge is 0.497 e. The zero-order chi connectivity index (χ0) is 24.5. The number of amides is 1. The summed E-state index contributed by atoms with van der Waals surface area (Å²) >= 11 is 0. The molecule has 10 heteroatoms. The van der Waals surface area contributed by atoms with Gasteiger partial charge in [0.1, 0.15) is 5.75 Å². The lowest BCUT2D eigenvalue weighted by Gasteiger charge is -2.12. The molecule has 4 rings (SSSR count). The molecule has 2 heterocycles. The molecule has 0 unspecified atom stereocenters. The number of pyridine rings is 1. The number of methoxy groups -OCH3 is 2. The Kier molecular flexibility index (Phi) is 6.14. The van der Waals surface area contributed by atoms with Crippen LogP contribution in [0.15, 0.2) is 54.6 Å². The minimum atomic E-state index is -4.77. The highest BCUT2D eigenvalue weighted by Gasteiger charge is 2.39. The predicted octanol–water partition coefficient (Wildman–Crippen LogP) is 5.08. The van der Waals surface area contributed by atoms with Crippen LogP contribution in [0.25, 0.3) is 10.9 Å². The minimum Gasteiger partial charge on any atom is -0.497 e. The maximum absolute atomic E-state index is 13.8. The number of anilines is 1. The normalized spacial score (nSPS) is 11.5. The van der Waals surface area contributed by atoms with E-state index in [2.05, 4.69) is 15.4 Å². The highest BCUT2D eigenvalue weighted by molar-refractivity contribution is 6.13. The van der Waals surface area contributed by atoms with Gasteiger partial charge >= 0.3 is 6.18 Å². The maximum atomic E-state index is 13.8. The van der Waals surface area contributed by atoms with E-state index in [1.807, 2.05) is 0 Å². The summed E-state index contributed by atoms with van der Waals surface area (Å²) < 4.78 is 53.0. The van der Waals surface area contributed by atoms with Gasteiger partial charge in [0.05, 0.1) is 43.2 Å². The summed E-state index contributed by atoms with van der Waals surface area (Å²) in [7, 11) is 2.92. The lowest BCUT2D eigenvalue weighted by molar-refractivity contribution is -0.140. The van der Waals surface area contributed by atoms with Crippen molar-refractivity contribution in [3.05, 3.63) is 77.1 Å². The molecular formula is C24H21F3N4O3. The Hall–Kier alpha value is -4.08. The third-order valence-corrected chi connectivity index (χ3v) is 5.35. The molecule has 0 atom stereocenters. The van der Waals surface area contributed by atoms with E-state index in [-0.39, 0.29) is 23.7 Å². The molecule has 0 saturated carbocycles. The van der Waals surface area contributed by atoms with Gasteiger partial charge in [-0.3, -0.25) is 9.48 Å². The van der Waals surface area contributed by atoms with Crippen molar-refractivity contribution in [2.45, 2.75) is 19.6 Å². The summed E-state index contributed by atoms with van der Waals surface area (Å²) in [6, 6.07) is 15.1. The van der Waals surface area contributed by atoms with Gasteiger partial charge in [-0.05, 0) is 30.7 Å². The van der Waals surface area contributed by atoms with E-state index in [1.165, 1.54) is 31.9 Å². The van der Waals surface area contributed by atoms with Crippen LogP contribution < -0.4 is 14.8 Å². The minimum absolute atomic E-state index is 0.0841. The molecule has 176 valence electrons. The van der Waals surface area contributed by atoms with Crippen molar-refractivity contribution in [2.24, 2.45) is 0 Å². The van der Waals surface area contributed by atoms with E-state index in [0.29, 0.717) is 16.7 Å². The maximum Gasteiger partial charge on any atom is 0.437 e. The van der Waals surface area contributed by atoms with Crippen LogP contribution in [0.1, 0.15) is 27.3 Å². The molecule has 0 spiro atoms. The van der Waals surface area contributed by atoms with Gasteiger partial charge in [-0.25, -0.2) is 4.98 Å². The molecule has 0 aliphatic rings. The van der Waals surface area contributed by atoms with E-state index >= 15 is 0 Å². The van der Waals surface area contributed by atoms with E-state index in [4.69, 9.17) is 9.47 Å². The van der Waals surface area contributed by atoms with Crippen LogP contribution >= 0.6 is 0 Å². The van der Waals surface area contributed by atoms with Gasteiger partial charge in [0.15, 0.2) is 5.69 Å². The first-order valence-electron chi connectivity index (χ1n) is 10.2. The first kappa shape index (κ1) is 23.1. The molecule has 34 heavy (non-hydrogen) atoms. The number of nitrogens with zero attached hydrogens (tertiary/aromatic N) is 3. The second kappa shape index (κ2) is 9.05. The number of benzene rings is 2. The summed E-state index contributed by atoms with van der Waals surface area (Å²) in [5.74, 6) is 0.0752. The number of carbonyl (C=O) groups excluding carboxylic acids is 1. The van der Waals surface area contributed by atoms with E-state index in [1.54, 1.807) is 48.5 Å². The standard InChI is InChI=1S/C24H21F3N4O3/c1-14-21(29-23(32)18-12-20(34-3)28-19-7-5-4-6-17(18)19)22(24(25,26)27)30-31(14)13-15-8-10-16(33-2)11-9-15/h4-12H,13H2,1-3H3,(H,29,32). The van der Waals surface area contributed by atoms with Crippen LogP contribution in [0.3, 0.4) is 0 Å². The quantitative estimate of drug-likeness (QED) is 0.425. The number of para-hydroxylation sites is 1. The Bertz CT molecular complexity index is 1350. The zero-order valence-corrected chi connectivity index (χ0v) is 18.6. The van der Waals surface area contributed by atoms with Crippen molar-refractivity contribution in [2.75, 3.05) is 19.5 Å². The zero-order valence-electron chi connectivity index (χ0n) is 18.6. The van der Waals surface area contributed by atoms with Crippen molar-refractivity contribution >= 4 is 22.5 Å². The highest BCUT2D eigenvalue weighted by Crippen LogP contribution is 2.36. The van der Waals surface area contributed by atoms with E-state index < -0.39 is 23.5 Å². The molecule has 0 aliphatic carbocycles. The Morgan fingerprint density at radius 1 is 1.06 bits per heavy atom. The number of aromatic nitrogens is 3. The third-order valence-electron chi connectivity index (χ3n) is 5.35. The van der Waals surface area contributed by atoms with Crippen LogP contribution in [0.4, 0.5) is 18.9 Å². The molecule has 7 nitrogen and oxygen atoms in total. The van der Waals surface area contributed by atoms with E-state index in [9.17, 15) is 18.0 Å². The summed E-state index contributed by atoms with van der Waals surface area (Å²) in [4.78, 5) is 17.4. The van der Waals surface area contributed by atoms with Crippen molar-refractivity contribution in [3.63, 3.8) is 0 Å². The molecule has 2 aromatic heterocycles. The molecule has 4 aromatic rings. The molecule has 0 radical (unpaired) electrons. The van der Waals surface area contributed by atoms with Crippen molar-refractivity contribution < 1.29 is 27.4 Å². The second-order valence-corrected chi connectivity index (χ2v) is 7.50. The number of hydrogen-bond acceptors (Lipinski definition) is 5. The summed E-state index contributed by atoms with van der Waals surface area (Å²) in [5.41, 5.74) is -0.0550. The smallest absolute Gasteiger partial charge is 0.437 e. The fraction of sp³-hybridized carbons (Fsp3) is 0.208. The van der Waals surface area contributed by atoms with Gasteiger partial charge in [-0.1, -0.05) is 30.3 Å². The molecule has 0 bridgehead atoms. The van der Waals surface area contributed by atoms with Crippen LogP contribution in [-0.2, 0) is 12.7 Å². The van der Waals surface area contributed by atoms with Gasteiger partial charge in [0.2, 0.25) is 5.88 Å². The summed E-state index contributed by atoms with van der Waals surface area (Å²) in [5, 5.41) is 6.68. The van der Waals surface area contributed by atoms with Crippen molar-refractivity contribution in [1.82, 2.24) is 14.8 Å². The third kappa shape index (κ3) is 4.52. The van der Waals surface area contributed by atoms with Gasteiger partial charge in [-0.2, -0.15) is 18.3 Å². The number of alkyl halides is 3. The first-order chi connectivity index (χ1) is 16.2. The number of ether oxygens (including phenoxy) is 2. The fourth-order valence-electron chi connectivity index (χ4n) is 3.58. The topological polar surface area (TPSA) is 78.3 Å². The Balaban J connectivity index is 1.72. The average molecular weight is 470 g/mol. The lowest BCUT2D eigenvalue weighted by Crippen LogP contribution is -2.17. The predicted molar refractivity (Wildman–Crippen MR) is 120 cm³/mol. The Morgan fingerprint density at radius 2 is 1.76 bits per heavy atom.